The SMILES string of the molecule is CCC(CC)(CN)NC(=O)c1cc(C)cc(Cl)c1.Cl. The minimum atomic E-state index is -0.326. The molecule has 0 aromatic heterocycles. The van der Waals surface area contributed by atoms with Gasteiger partial charge >= 0.3 is 0 Å². The topological polar surface area (TPSA) is 55.1 Å². The largest absolute Gasteiger partial charge is 0.345 e. The lowest BCUT2D eigenvalue weighted by atomic mass is 9.92. The van der Waals surface area contributed by atoms with Gasteiger partial charge in [0.05, 0.1) is 5.54 Å². The second-order valence-electron chi connectivity index (χ2n) is 4.66. The first-order chi connectivity index (χ1) is 8.46. The van der Waals surface area contributed by atoms with Crippen LogP contribution in [0.4, 0.5) is 0 Å². The molecule has 1 aromatic carbocycles. The number of rotatable bonds is 5. The van der Waals surface area contributed by atoms with Crippen LogP contribution in [0.5, 0.6) is 0 Å². The van der Waals surface area contributed by atoms with Crippen molar-refractivity contribution in [1.29, 1.82) is 0 Å². The lowest BCUT2D eigenvalue weighted by Crippen LogP contribution is -2.52. The highest BCUT2D eigenvalue weighted by atomic mass is 35.5. The van der Waals surface area contributed by atoms with Crippen molar-refractivity contribution in [3.63, 3.8) is 0 Å². The second-order valence-corrected chi connectivity index (χ2v) is 5.10. The van der Waals surface area contributed by atoms with Crippen LogP contribution < -0.4 is 11.1 Å². The van der Waals surface area contributed by atoms with Crippen molar-refractivity contribution in [2.75, 3.05) is 6.54 Å². The summed E-state index contributed by atoms with van der Waals surface area (Å²) in [5.74, 6) is -0.116. The van der Waals surface area contributed by atoms with E-state index in [4.69, 9.17) is 17.3 Å². The van der Waals surface area contributed by atoms with E-state index in [-0.39, 0.29) is 23.9 Å². The van der Waals surface area contributed by atoms with Crippen molar-refractivity contribution < 1.29 is 4.79 Å². The van der Waals surface area contributed by atoms with E-state index >= 15 is 0 Å². The molecule has 0 bridgehead atoms. The maximum absolute atomic E-state index is 12.2. The molecule has 19 heavy (non-hydrogen) atoms. The molecule has 5 heteroatoms. The van der Waals surface area contributed by atoms with Crippen molar-refractivity contribution in [3.8, 4) is 0 Å². The van der Waals surface area contributed by atoms with Gasteiger partial charge in [-0.15, -0.1) is 12.4 Å². The molecule has 0 radical (unpaired) electrons. The summed E-state index contributed by atoms with van der Waals surface area (Å²) in [4.78, 5) is 12.2. The molecule has 0 fully saturated rings. The molecular weight excluding hydrogens is 283 g/mol. The lowest BCUT2D eigenvalue weighted by molar-refractivity contribution is 0.0895. The average Bonchev–Trinajstić information content (AvgIpc) is 2.35. The number of carbonyl (C=O) groups is 1. The maximum Gasteiger partial charge on any atom is 0.251 e. The van der Waals surface area contributed by atoms with Gasteiger partial charge in [0.1, 0.15) is 0 Å². The summed E-state index contributed by atoms with van der Waals surface area (Å²) < 4.78 is 0. The second kappa shape index (κ2) is 7.73. The molecule has 0 aliphatic rings. The summed E-state index contributed by atoms with van der Waals surface area (Å²) >= 11 is 5.96. The molecule has 1 aromatic rings. The number of nitrogens with two attached hydrogens (primary N) is 1. The van der Waals surface area contributed by atoms with E-state index in [1.54, 1.807) is 6.07 Å². The van der Waals surface area contributed by atoms with Gasteiger partial charge in [-0.3, -0.25) is 4.79 Å². The van der Waals surface area contributed by atoms with E-state index < -0.39 is 0 Å². The van der Waals surface area contributed by atoms with Gasteiger partial charge in [-0.2, -0.15) is 0 Å². The highest BCUT2D eigenvalue weighted by Crippen LogP contribution is 2.18. The molecule has 3 N–H and O–H groups in total. The standard InChI is InChI=1S/C14H21ClN2O.ClH/c1-4-14(5-2,9-16)17-13(18)11-6-10(3)7-12(15)8-11;/h6-8H,4-5,9,16H2,1-3H3,(H,17,18);1H. The molecule has 0 saturated carbocycles. The van der Waals surface area contributed by atoms with Crippen LogP contribution >= 0.6 is 24.0 Å². The fourth-order valence-electron chi connectivity index (χ4n) is 1.95. The molecule has 0 unspecified atom stereocenters. The average molecular weight is 305 g/mol. The Morgan fingerprint density at radius 2 is 1.89 bits per heavy atom. The first-order valence-corrected chi connectivity index (χ1v) is 6.64. The lowest BCUT2D eigenvalue weighted by Gasteiger charge is -2.31. The molecule has 3 nitrogen and oxygen atoms in total. The zero-order valence-corrected chi connectivity index (χ0v) is 13.2. The number of halogens is 2. The molecule has 0 aliphatic heterocycles. The van der Waals surface area contributed by atoms with Crippen LogP contribution in [0.2, 0.25) is 5.02 Å². The summed E-state index contributed by atoms with van der Waals surface area (Å²) in [6.45, 7) is 6.41. The molecule has 0 spiro atoms. The summed E-state index contributed by atoms with van der Waals surface area (Å²) in [5, 5.41) is 3.60. The highest BCUT2D eigenvalue weighted by Gasteiger charge is 2.26. The monoisotopic (exact) mass is 304 g/mol. The molecule has 0 saturated heterocycles. The zero-order valence-electron chi connectivity index (χ0n) is 11.6. The van der Waals surface area contributed by atoms with Crippen molar-refractivity contribution >= 4 is 29.9 Å². The van der Waals surface area contributed by atoms with Gasteiger partial charge in [-0.05, 0) is 43.5 Å². The minimum Gasteiger partial charge on any atom is -0.345 e. The highest BCUT2D eigenvalue weighted by molar-refractivity contribution is 6.31. The number of benzene rings is 1. The Balaban J connectivity index is 0.00000324. The number of hydrogen-bond donors (Lipinski definition) is 2. The van der Waals surface area contributed by atoms with Gasteiger partial charge in [-0.25, -0.2) is 0 Å². The van der Waals surface area contributed by atoms with E-state index in [0.29, 0.717) is 17.1 Å². The zero-order chi connectivity index (χ0) is 13.8. The Bertz CT molecular complexity index is 403. The Labute approximate surface area is 126 Å². The van der Waals surface area contributed by atoms with Crippen LogP contribution in [0.15, 0.2) is 18.2 Å². The van der Waals surface area contributed by atoms with E-state index in [1.165, 1.54) is 0 Å². The third-order valence-corrected chi connectivity index (χ3v) is 3.65. The number of amides is 1. The Hall–Kier alpha value is -0.770. The minimum absolute atomic E-state index is 0. The van der Waals surface area contributed by atoms with Crippen molar-refractivity contribution in [2.24, 2.45) is 5.73 Å². The van der Waals surface area contributed by atoms with E-state index in [0.717, 1.165) is 18.4 Å². The van der Waals surface area contributed by atoms with Crippen LogP contribution in [0.3, 0.4) is 0 Å². The smallest absolute Gasteiger partial charge is 0.251 e. The van der Waals surface area contributed by atoms with E-state index in [9.17, 15) is 4.79 Å². The van der Waals surface area contributed by atoms with Gasteiger partial charge in [-0.1, -0.05) is 25.4 Å². The number of hydrogen-bond acceptors (Lipinski definition) is 2. The van der Waals surface area contributed by atoms with Gasteiger partial charge in [0.15, 0.2) is 0 Å². The number of carbonyl (C=O) groups excluding carboxylic acids is 1. The van der Waals surface area contributed by atoms with Crippen molar-refractivity contribution in [1.82, 2.24) is 5.32 Å². The van der Waals surface area contributed by atoms with Crippen LogP contribution in [-0.4, -0.2) is 18.0 Å². The van der Waals surface area contributed by atoms with E-state index in [1.807, 2.05) is 32.9 Å². The van der Waals surface area contributed by atoms with Crippen molar-refractivity contribution in [2.45, 2.75) is 39.2 Å². The summed E-state index contributed by atoms with van der Waals surface area (Å²) in [6.07, 6.45) is 1.62. The first kappa shape index (κ1) is 18.2. The Morgan fingerprint density at radius 3 is 2.32 bits per heavy atom. The maximum atomic E-state index is 12.2. The van der Waals surface area contributed by atoms with Crippen LogP contribution in [0.1, 0.15) is 42.6 Å². The van der Waals surface area contributed by atoms with Gasteiger partial charge in [0.2, 0.25) is 0 Å². The Morgan fingerprint density at radius 1 is 1.32 bits per heavy atom. The number of aryl methyl sites for hydroxylation is 1. The third kappa shape index (κ3) is 4.68. The fourth-order valence-corrected chi connectivity index (χ4v) is 2.24. The molecule has 0 heterocycles. The summed E-state index contributed by atoms with van der Waals surface area (Å²) in [6, 6.07) is 5.33. The van der Waals surface area contributed by atoms with Gasteiger partial charge < -0.3 is 11.1 Å². The third-order valence-electron chi connectivity index (χ3n) is 3.43. The number of nitrogens with one attached hydrogen (secondary N) is 1. The van der Waals surface area contributed by atoms with Crippen LogP contribution in [0.25, 0.3) is 0 Å². The molecule has 1 rings (SSSR count). The van der Waals surface area contributed by atoms with Crippen molar-refractivity contribution in [3.05, 3.63) is 34.3 Å². The molecule has 0 atom stereocenters. The first-order valence-electron chi connectivity index (χ1n) is 6.26. The quantitative estimate of drug-likeness (QED) is 0.877. The Kier molecular flexibility index (Phi) is 7.42. The van der Waals surface area contributed by atoms with Gasteiger partial charge in [0, 0.05) is 17.1 Å². The fraction of sp³-hybridized carbons (Fsp3) is 0.500. The van der Waals surface area contributed by atoms with Gasteiger partial charge in [0.25, 0.3) is 5.91 Å². The van der Waals surface area contributed by atoms with Crippen LogP contribution in [-0.2, 0) is 0 Å². The predicted molar refractivity (Wildman–Crippen MR) is 83.3 cm³/mol. The van der Waals surface area contributed by atoms with E-state index in [2.05, 4.69) is 5.32 Å². The molecule has 108 valence electrons. The predicted octanol–water partition coefficient (Wildman–Crippen LogP) is 3.32. The normalized spacial score (nSPS) is 10.8. The molecule has 0 aliphatic carbocycles. The van der Waals surface area contributed by atoms with Crippen LogP contribution in [0, 0.1) is 6.92 Å². The molecule has 1 amide bonds. The molecular formula is C14H22Cl2N2O. The summed E-state index contributed by atoms with van der Waals surface area (Å²) in [7, 11) is 0. The summed E-state index contributed by atoms with van der Waals surface area (Å²) in [5.41, 5.74) is 7.00.